The van der Waals surface area contributed by atoms with Crippen LogP contribution in [-0.2, 0) is 8.85 Å². The molecule has 0 aromatic rings. The average molecular weight is 313 g/mol. The van der Waals surface area contributed by atoms with Crippen LogP contribution in [0.25, 0.3) is 0 Å². The largest absolute Gasteiger partial charge is 0.391 e. The minimum Gasteiger partial charge on any atom is -0.391 e. The highest BCUT2D eigenvalue weighted by molar-refractivity contribution is 6.67. The standard InChI is InChI=1S/C18H36O2Si/c1-3-15-21(16-4-2,19-17-11-7-5-8-12-17)20-18-13-9-6-10-14-18/h17-18H,3-16H2,1-2H3. The molecule has 0 bridgehead atoms. The molecular formula is C18H36O2Si. The van der Waals surface area contributed by atoms with Gasteiger partial charge >= 0.3 is 8.56 Å². The van der Waals surface area contributed by atoms with E-state index in [1.165, 1.54) is 89.1 Å². The molecule has 0 aliphatic heterocycles. The molecule has 0 radical (unpaired) electrons. The molecule has 124 valence electrons. The molecule has 2 aliphatic carbocycles. The Bertz CT molecular complexity index is 242. The maximum absolute atomic E-state index is 6.78. The van der Waals surface area contributed by atoms with E-state index in [0.717, 1.165) is 0 Å². The molecule has 2 nitrogen and oxygen atoms in total. The fourth-order valence-corrected chi connectivity index (χ4v) is 8.11. The number of hydrogen-bond acceptors (Lipinski definition) is 2. The molecule has 2 aliphatic rings. The van der Waals surface area contributed by atoms with Gasteiger partial charge in [0.2, 0.25) is 0 Å². The van der Waals surface area contributed by atoms with Gasteiger partial charge in [-0.2, -0.15) is 0 Å². The van der Waals surface area contributed by atoms with Gasteiger partial charge in [0.1, 0.15) is 0 Å². The summed E-state index contributed by atoms with van der Waals surface area (Å²) in [6.45, 7) is 4.59. The van der Waals surface area contributed by atoms with Crippen molar-refractivity contribution in [1.82, 2.24) is 0 Å². The van der Waals surface area contributed by atoms with Gasteiger partial charge in [0.15, 0.2) is 0 Å². The van der Waals surface area contributed by atoms with E-state index in [-0.39, 0.29) is 0 Å². The summed E-state index contributed by atoms with van der Waals surface area (Å²) in [6.07, 6.45) is 16.8. The van der Waals surface area contributed by atoms with Gasteiger partial charge in [0, 0.05) is 12.2 Å². The molecule has 0 amide bonds. The van der Waals surface area contributed by atoms with Gasteiger partial charge in [0.05, 0.1) is 0 Å². The van der Waals surface area contributed by atoms with Crippen LogP contribution < -0.4 is 0 Å². The minimum absolute atomic E-state index is 0.507. The molecule has 2 rings (SSSR count). The van der Waals surface area contributed by atoms with Crippen molar-refractivity contribution in [2.24, 2.45) is 0 Å². The van der Waals surface area contributed by atoms with Crippen LogP contribution in [-0.4, -0.2) is 20.8 Å². The molecule has 0 heterocycles. The van der Waals surface area contributed by atoms with Crippen LogP contribution in [0.2, 0.25) is 12.1 Å². The molecule has 3 heteroatoms. The molecule has 2 saturated carbocycles. The molecule has 21 heavy (non-hydrogen) atoms. The summed E-state index contributed by atoms with van der Waals surface area (Å²) in [6, 6.07) is 2.40. The zero-order chi connectivity index (χ0) is 15.0. The second-order valence-electron chi connectivity index (χ2n) is 7.17. The second-order valence-corrected chi connectivity index (χ2v) is 10.5. The quantitative estimate of drug-likeness (QED) is 0.516. The first-order valence-corrected chi connectivity index (χ1v) is 11.9. The molecule has 0 saturated heterocycles. The summed E-state index contributed by atoms with van der Waals surface area (Å²) in [5, 5.41) is 0. The van der Waals surface area contributed by atoms with E-state index in [0.29, 0.717) is 12.2 Å². The van der Waals surface area contributed by atoms with Crippen molar-refractivity contribution < 1.29 is 8.85 Å². The maximum atomic E-state index is 6.78. The van der Waals surface area contributed by atoms with Crippen molar-refractivity contribution in [3.05, 3.63) is 0 Å². The normalized spacial score (nSPS) is 22.6. The minimum atomic E-state index is -1.97. The third-order valence-electron chi connectivity index (χ3n) is 5.13. The zero-order valence-electron chi connectivity index (χ0n) is 14.4. The Morgan fingerprint density at radius 3 is 1.38 bits per heavy atom. The first kappa shape index (κ1) is 17.5. The van der Waals surface area contributed by atoms with E-state index >= 15 is 0 Å². The van der Waals surface area contributed by atoms with Crippen LogP contribution in [0.4, 0.5) is 0 Å². The van der Waals surface area contributed by atoms with Gasteiger partial charge < -0.3 is 8.85 Å². The lowest BCUT2D eigenvalue weighted by molar-refractivity contribution is 0.0458. The summed E-state index contributed by atoms with van der Waals surface area (Å²) in [4.78, 5) is 0. The molecule has 2 fully saturated rings. The predicted molar refractivity (Wildman–Crippen MR) is 91.9 cm³/mol. The molecule has 0 aromatic carbocycles. The fourth-order valence-electron chi connectivity index (χ4n) is 4.12. The number of hydrogen-bond donors (Lipinski definition) is 0. The zero-order valence-corrected chi connectivity index (χ0v) is 15.4. The number of rotatable bonds is 8. The lowest BCUT2D eigenvalue weighted by Gasteiger charge is -2.39. The molecule has 0 spiro atoms. The first-order valence-electron chi connectivity index (χ1n) is 9.63. The van der Waals surface area contributed by atoms with E-state index in [4.69, 9.17) is 8.85 Å². The Labute approximate surface area is 133 Å². The van der Waals surface area contributed by atoms with Crippen LogP contribution in [0.5, 0.6) is 0 Å². The van der Waals surface area contributed by atoms with Crippen molar-refractivity contribution in [3.8, 4) is 0 Å². The van der Waals surface area contributed by atoms with Gasteiger partial charge in [-0.25, -0.2) is 0 Å². The molecule has 0 unspecified atom stereocenters. The predicted octanol–water partition coefficient (Wildman–Crippen LogP) is 5.95. The van der Waals surface area contributed by atoms with E-state index < -0.39 is 8.56 Å². The summed E-state index contributed by atoms with van der Waals surface area (Å²) in [5.41, 5.74) is 0. The SMILES string of the molecule is CCC[Si](CCC)(OC1CCCCC1)OC1CCCCC1. The van der Waals surface area contributed by atoms with Crippen LogP contribution in [0, 0.1) is 0 Å². The van der Waals surface area contributed by atoms with Gasteiger partial charge in [-0.1, -0.05) is 65.2 Å². The molecule has 0 N–H and O–H groups in total. The van der Waals surface area contributed by atoms with Crippen molar-refractivity contribution in [2.75, 3.05) is 0 Å². The van der Waals surface area contributed by atoms with E-state index in [2.05, 4.69) is 13.8 Å². The van der Waals surface area contributed by atoms with Gasteiger partial charge in [0.25, 0.3) is 0 Å². The van der Waals surface area contributed by atoms with E-state index in [1.807, 2.05) is 0 Å². The Kier molecular flexibility index (Phi) is 7.76. The van der Waals surface area contributed by atoms with Crippen LogP contribution in [0.1, 0.15) is 90.9 Å². The Morgan fingerprint density at radius 1 is 0.667 bits per heavy atom. The highest BCUT2D eigenvalue weighted by atomic mass is 28.4. The Balaban J connectivity index is 1.98. The molecular weight excluding hydrogens is 276 g/mol. The Morgan fingerprint density at radius 2 is 1.05 bits per heavy atom. The van der Waals surface area contributed by atoms with Gasteiger partial charge in [-0.3, -0.25) is 0 Å². The third-order valence-corrected chi connectivity index (χ3v) is 9.18. The summed E-state index contributed by atoms with van der Waals surface area (Å²) < 4.78 is 13.6. The third kappa shape index (κ3) is 5.68. The van der Waals surface area contributed by atoms with Crippen LogP contribution >= 0.6 is 0 Å². The monoisotopic (exact) mass is 312 g/mol. The Hall–Kier alpha value is 0.137. The highest BCUT2D eigenvalue weighted by Gasteiger charge is 2.40. The van der Waals surface area contributed by atoms with E-state index in [1.54, 1.807) is 0 Å². The van der Waals surface area contributed by atoms with Crippen molar-refractivity contribution in [3.63, 3.8) is 0 Å². The van der Waals surface area contributed by atoms with Crippen molar-refractivity contribution in [2.45, 2.75) is 115 Å². The summed E-state index contributed by atoms with van der Waals surface area (Å²) in [5.74, 6) is 0. The molecule has 0 atom stereocenters. The van der Waals surface area contributed by atoms with E-state index in [9.17, 15) is 0 Å². The van der Waals surface area contributed by atoms with Crippen molar-refractivity contribution in [1.29, 1.82) is 0 Å². The van der Waals surface area contributed by atoms with Crippen LogP contribution in [0.3, 0.4) is 0 Å². The second kappa shape index (κ2) is 9.31. The fraction of sp³-hybridized carbons (Fsp3) is 1.00. The lowest BCUT2D eigenvalue weighted by Crippen LogP contribution is -2.48. The summed E-state index contributed by atoms with van der Waals surface area (Å²) in [7, 11) is -1.97. The lowest BCUT2D eigenvalue weighted by atomic mass is 9.98. The van der Waals surface area contributed by atoms with Gasteiger partial charge in [-0.05, 0) is 37.8 Å². The average Bonchev–Trinajstić information content (AvgIpc) is 2.50. The smallest absolute Gasteiger partial charge is 0.338 e. The van der Waals surface area contributed by atoms with Crippen LogP contribution in [0.15, 0.2) is 0 Å². The topological polar surface area (TPSA) is 18.5 Å². The molecule has 0 aromatic heterocycles. The maximum Gasteiger partial charge on any atom is 0.338 e. The van der Waals surface area contributed by atoms with Gasteiger partial charge in [-0.15, -0.1) is 0 Å². The first-order chi connectivity index (χ1) is 10.3. The summed E-state index contributed by atoms with van der Waals surface area (Å²) >= 11 is 0. The highest BCUT2D eigenvalue weighted by Crippen LogP contribution is 2.33. The van der Waals surface area contributed by atoms with Crippen molar-refractivity contribution >= 4 is 8.56 Å².